The molecule has 4 nitrogen and oxygen atoms in total. The number of Topliss-reactive ketones (excluding diaryl/α,β-unsaturated/α-hetero) is 2. The molecule has 0 radical (unpaired) electrons. The summed E-state index contributed by atoms with van der Waals surface area (Å²) in [5.74, 6) is -0.237. The highest BCUT2D eigenvalue weighted by Crippen LogP contribution is 2.29. The molecule has 2 aromatic rings. The molecular formula is C22H22Cl3NO3. The van der Waals surface area contributed by atoms with Crippen molar-refractivity contribution in [1.29, 1.82) is 0 Å². The van der Waals surface area contributed by atoms with Gasteiger partial charge in [-0.25, -0.2) is 0 Å². The fourth-order valence-corrected chi connectivity index (χ4v) is 3.95. The van der Waals surface area contributed by atoms with Crippen molar-refractivity contribution in [3.05, 3.63) is 68.7 Å². The highest BCUT2D eigenvalue weighted by Gasteiger charge is 2.39. The van der Waals surface area contributed by atoms with Gasteiger partial charge >= 0.3 is 0 Å². The Hall–Kier alpha value is -1.43. The maximum atomic E-state index is 12.8. The third-order valence-electron chi connectivity index (χ3n) is 5.33. The second-order valence-corrected chi connectivity index (χ2v) is 8.62. The van der Waals surface area contributed by atoms with Gasteiger partial charge in [0.15, 0.2) is 11.6 Å². The zero-order valence-corrected chi connectivity index (χ0v) is 18.1. The van der Waals surface area contributed by atoms with Crippen LogP contribution >= 0.6 is 34.8 Å². The van der Waals surface area contributed by atoms with Crippen molar-refractivity contribution < 1.29 is 14.7 Å². The minimum atomic E-state index is -1.40. The molecule has 0 atom stereocenters. The Morgan fingerprint density at radius 2 is 1.55 bits per heavy atom. The molecule has 0 spiro atoms. The first-order valence-corrected chi connectivity index (χ1v) is 10.7. The monoisotopic (exact) mass is 453 g/mol. The number of piperidine rings is 1. The lowest BCUT2D eigenvalue weighted by atomic mass is 9.84. The number of carbonyl (C=O) groups excluding carboxylic acids is 2. The Kier molecular flexibility index (Phi) is 7.36. The highest BCUT2D eigenvalue weighted by atomic mass is 35.5. The van der Waals surface area contributed by atoms with Gasteiger partial charge in [0.1, 0.15) is 5.60 Å². The smallest absolute Gasteiger partial charge is 0.194 e. The molecule has 1 N–H and O–H groups in total. The van der Waals surface area contributed by atoms with E-state index in [1.165, 1.54) is 6.07 Å². The molecule has 0 saturated carbocycles. The molecule has 7 heteroatoms. The molecule has 1 saturated heterocycles. The summed E-state index contributed by atoms with van der Waals surface area (Å²) in [6.45, 7) is 1.94. The maximum Gasteiger partial charge on any atom is 0.194 e. The number of ketones is 2. The highest BCUT2D eigenvalue weighted by molar-refractivity contribution is 6.42. The van der Waals surface area contributed by atoms with Crippen molar-refractivity contribution in [2.75, 3.05) is 19.6 Å². The van der Waals surface area contributed by atoms with E-state index in [0.717, 1.165) is 13.0 Å². The fourth-order valence-electron chi connectivity index (χ4n) is 3.52. The largest absolute Gasteiger partial charge is 0.382 e. The Morgan fingerprint density at radius 3 is 2.17 bits per heavy atom. The molecule has 0 unspecified atom stereocenters. The third kappa shape index (κ3) is 5.59. The molecule has 154 valence electrons. The number of likely N-dealkylation sites (tertiary alicyclic amines) is 1. The van der Waals surface area contributed by atoms with Crippen molar-refractivity contribution in [3.63, 3.8) is 0 Å². The molecule has 1 aliphatic heterocycles. The molecular weight excluding hydrogens is 433 g/mol. The van der Waals surface area contributed by atoms with Gasteiger partial charge in [0.05, 0.1) is 10.0 Å². The van der Waals surface area contributed by atoms with Crippen LogP contribution in [0.1, 0.15) is 46.4 Å². The van der Waals surface area contributed by atoms with Crippen molar-refractivity contribution in [3.8, 4) is 0 Å². The molecule has 1 fully saturated rings. The molecule has 0 aromatic heterocycles. The van der Waals surface area contributed by atoms with Crippen molar-refractivity contribution in [1.82, 2.24) is 4.90 Å². The lowest BCUT2D eigenvalue weighted by Crippen LogP contribution is -2.49. The number of hydrogen-bond donors (Lipinski definition) is 1. The summed E-state index contributed by atoms with van der Waals surface area (Å²) < 4.78 is 0. The lowest BCUT2D eigenvalue weighted by Gasteiger charge is -2.37. The first-order chi connectivity index (χ1) is 13.8. The van der Waals surface area contributed by atoms with Crippen LogP contribution in [0, 0.1) is 0 Å². The number of halogens is 3. The minimum absolute atomic E-state index is 0.0879. The molecule has 0 bridgehead atoms. The zero-order valence-electron chi connectivity index (χ0n) is 15.8. The van der Waals surface area contributed by atoms with Gasteiger partial charge < -0.3 is 10.0 Å². The van der Waals surface area contributed by atoms with E-state index in [0.29, 0.717) is 58.5 Å². The Morgan fingerprint density at radius 1 is 0.931 bits per heavy atom. The maximum absolute atomic E-state index is 12.8. The lowest BCUT2D eigenvalue weighted by molar-refractivity contribution is -0.00648. The second-order valence-electron chi connectivity index (χ2n) is 7.36. The Balaban J connectivity index is 1.48. The molecule has 29 heavy (non-hydrogen) atoms. The number of carbonyl (C=O) groups is 2. The standard InChI is InChI=1S/C22H22Cl3NO3/c23-17-6-3-15(4-7-17)20(27)2-1-11-26-12-9-22(29,10-13-26)21(28)16-5-8-18(24)19(25)14-16/h3-8,14,29H,1-2,9-13H2. The predicted octanol–water partition coefficient (Wildman–Crippen LogP) is 5.32. The molecule has 3 rings (SSSR count). The molecule has 1 aliphatic rings. The van der Waals surface area contributed by atoms with E-state index in [9.17, 15) is 14.7 Å². The van der Waals surface area contributed by atoms with Gasteiger partial charge in [0.2, 0.25) is 0 Å². The summed E-state index contributed by atoms with van der Waals surface area (Å²) in [6.07, 6.45) is 1.86. The SMILES string of the molecule is O=C(CCCN1CCC(O)(C(=O)c2ccc(Cl)c(Cl)c2)CC1)c1ccc(Cl)cc1. The molecule has 0 aliphatic carbocycles. The normalized spacial score (nSPS) is 16.6. The van der Waals surface area contributed by atoms with Gasteiger partial charge in [-0.2, -0.15) is 0 Å². The average molecular weight is 455 g/mol. The van der Waals surface area contributed by atoms with Crippen molar-refractivity contribution in [2.24, 2.45) is 0 Å². The number of benzene rings is 2. The molecule has 1 heterocycles. The topological polar surface area (TPSA) is 57.6 Å². The van der Waals surface area contributed by atoms with Crippen LogP contribution in [0.15, 0.2) is 42.5 Å². The van der Waals surface area contributed by atoms with E-state index in [-0.39, 0.29) is 11.6 Å². The van der Waals surface area contributed by atoms with E-state index in [4.69, 9.17) is 34.8 Å². The summed E-state index contributed by atoms with van der Waals surface area (Å²) in [6, 6.07) is 11.5. The molecule has 2 aromatic carbocycles. The first-order valence-electron chi connectivity index (χ1n) is 9.52. The van der Waals surface area contributed by atoms with E-state index < -0.39 is 5.60 Å². The fraction of sp³-hybridized carbons (Fsp3) is 0.364. The minimum Gasteiger partial charge on any atom is -0.382 e. The first kappa shape index (κ1) is 22.3. The van der Waals surface area contributed by atoms with Gasteiger partial charge in [-0.05, 0) is 68.3 Å². The van der Waals surface area contributed by atoms with E-state index >= 15 is 0 Å². The number of hydrogen-bond acceptors (Lipinski definition) is 4. The summed E-state index contributed by atoms with van der Waals surface area (Å²) in [5.41, 5.74) is -0.370. The van der Waals surface area contributed by atoms with Gasteiger partial charge in [-0.15, -0.1) is 0 Å². The van der Waals surface area contributed by atoms with Gasteiger partial charge in [0, 0.05) is 35.7 Å². The molecule has 0 amide bonds. The third-order valence-corrected chi connectivity index (χ3v) is 6.32. The quantitative estimate of drug-likeness (QED) is 0.575. The van der Waals surface area contributed by atoms with Crippen LogP contribution in [0.25, 0.3) is 0 Å². The van der Waals surface area contributed by atoms with Crippen LogP contribution in [0.4, 0.5) is 0 Å². The zero-order chi connectivity index (χ0) is 21.0. The van der Waals surface area contributed by atoms with E-state index in [1.54, 1.807) is 36.4 Å². The number of rotatable bonds is 7. The summed E-state index contributed by atoms with van der Waals surface area (Å²) in [7, 11) is 0. The summed E-state index contributed by atoms with van der Waals surface area (Å²) in [5, 5.41) is 12.1. The van der Waals surface area contributed by atoms with Crippen LogP contribution in [0.3, 0.4) is 0 Å². The van der Waals surface area contributed by atoms with Gasteiger partial charge in [-0.1, -0.05) is 34.8 Å². The Bertz CT molecular complexity index is 891. The Labute approximate surface area is 185 Å². The van der Waals surface area contributed by atoms with Gasteiger partial charge in [0.25, 0.3) is 0 Å². The predicted molar refractivity (Wildman–Crippen MR) is 116 cm³/mol. The van der Waals surface area contributed by atoms with Crippen LogP contribution in [0.5, 0.6) is 0 Å². The van der Waals surface area contributed by atoms with Crippen LogP contribution in [-0.2, 0) is 0 Å². The average Bonchev–Trinajstić information content (AvgIpc) is 2.71. The van der Waals surface area contributed by atoms with Crippen molar-refractivity contribution in [2.45, 2.75) is 31.3 Å². The number of nitrogens with zero attached hydrogens (tertiary/aromatic N) is 1. The summed E-state index contributed by atoms with van der Waals surface area (Å²) >= 11 is 17.7. The van der Waals surface area contributed by atoms with Crippen LogP contribution in [-0.4, -0.2) is 46.8 Å². The van der Waals surface area contributed by atoms with Crippen molar-refractivity contribution >= 4 is 46.4 Å². The number of aliphatic hydroxyl groups is 1. The van der Waals surface area contributed by atoms with E-state index in [2.05, 4.69) is 4.90 Å². The van der Waals surface area contributed by atoms with E-state index in [1.807, 2.05) is 0 Å². The van der Waals surface area contributed by atoms with Crippen LogP contribution < -0.4 is 0 Å². The summed E-state index contributed by atoms with van der Waals surface area (Å²) in [4.78, 5) is 27.2. The second kappa shape index (κ2) is 9.59. The van der Waals surface area contributed by atoms with Crippen LogP contribution in [0.2, 0.25) is 15.1 Å². The van der Waals surface area contributed by atoms with Gasteiger partial charge in [-0.3, -0.25) is 9.59 Å².